The van der Waals surface area contributed by atoms with E-state index in [0.29, 0.717) is 18.1 Å². The van der Waals surface area contributed by atoms with Crippen molar-refractivity contribution in [3.05, 3.63) is 41.0 Å². The van der Waals surface area contributed by atoms with Crippen LogP contribution in [-0.2, 0) is 16.6 Å². The van der Waals surface area contributed by atoms with Gasteiger partial charge in [0.15, 0.2) is 5.78 Å². The van der Waals surface area contributed by atoms with Crippen LogP contribution in [-0.4, -0.2) is 12.9 Å². The lowest BCUT2D eigenvalue weighted by molar-refractivity contribution is -0.116. The highest BCUT2D eigenvalue weighted by Crippen LogP contribution is 2.51. The maximum atomic E-state index is 12.1. The zero-order chi connectivity index (χ0) is 15.0. The Bertz CT molecular complexity index is 600. The van der Waals surface area contributed by atoms with E-state index in [1.807, 2.05) is 6.08 Å². The van der Waals surface area contributed by atoms with Gasteiger partial charge in [-0.05, 0) is 54.5 Å². The topological polar surface area (TPSA) is 26.3 Å². The Morgan fingerprint density at radius 2 is 2.14 bits per heavy atom. The van der Waals surface area contributed by atoms with E-state index in [4.69, 9.17) is 4.74 Å². The average Bonchev–Trinajstić information content (AvgIpc) is 2.48. The summed E-state index contributed by atoms with van der Waals surface area (Å²) >= 11 is 0. The first-order valence-electron chi connectivity index (χ1n) is 8.00. The number of ether oxygens (including phenoxy) is 1. The van der Waals surface area contributed by atoms with E-state index in [0.717, 1.165) is 31.4 Å². The van der Waals surface area contributed by atoms with Crippen LogP contribution in [0.3, 0.4) is 0 Å². The van der Waals surface area contributed by atoms with Crippen molar-refractivity contribution in [2.24, 2.45) is 5.92 Å². The van der Waals surface area contributed by atoms with E-state index < -0.39 is 0 Å². The van der Waals surface area contributed by atoms with E-state index >= 15 is 0 Å². The number of rotatable bonds is 3. The number of allylic oxidation sites excluding steroid dienone is 2. The minimum absolute atomic E-state index is 0.0315. The normalized spacial score (nSPS) is 27.7. The molecule has 0 spiro atoms. The fourth-order valence-corrected chi connectivity index (χ4v) is 4.26. The Labute approximate surface area is 127 Å². The number of hydrogen-bond donors (Lipinski definition) is 0. The molecule has 2 unspecified atom stereocenters. The second-order valence-electron chi connectivity index (χ2n) is 6.55. The van der Waals surface area contributed by atoms with Crippen LogP contribution in [0.25, 0.3) is 0 Å². The third kappa shape index (κ3) is 2.21. The van der Waals surface area contributed by atoms with Gasteiger partial charge in [0.25, 0.3) is 0 Å². The van der Waals surface area contributed by atoms with E-state index in [-0.39, 0.29) is 5.41 Å². The van der Waals surface area contributed by atoms with Gasteiger partial charge in [-0.25, -0.2) is 0 Å². The molecule has 2 heteroatoms. The number of benzene rings is 1. The zero-order valence-electron chi connectivity index (χ0n) is 13.2. The number of ketones is 1. The predicted octanol–water partition coefficient (Wildman–Crippen LogP) is 4.21. The number of aryl methyl sites for hydroxylation is 1. The van der Waals surface area contributed by atoms with Gasteiger partial charge in [0.1, 0.15) is 5.75 Å². The molecule has 2 atom stereocenters. The summed E-state index contributed by atoms with van der Waals surface area (Å²) in [6.07, 6.45) is 6.89. The Kier molecular flexibility index (Phi) is 3.64. The largest absolute Gasteiger partial charge is 0.497 e. The lowest BCUT2D eigenvalue weighted by Gasteiger charge is -2.46. The molecule has 21 heavy (non-hydrogen) atoms. The molecular formula is C19H24O2. The van der Waals surface area contributed by atoms with Crippen LogP contribution in [0.4, 0.5) is 0 Å². The standard InChI is InChI=1S/C19H24O2/c1-4-5-14-11-16(20)12-15-7-6-13-10-17(21-3)8-9-18(13)19(14,15)2/h8-10,12,14H,4-7,11H2,1-3H3. The molecule has 0 saturated carbocycles. The van der Waals surface area contributed by atoms with Gasteiger partial charge in [0, 0.05) is 11.8 Å². The molecule has 2 aliphatic carbocycles. The van der Waals surface area contributed by atoms with E-state index in [1.54, 1.807) is 7.11 Å². The maximum absolute atomic E-state index is 12.1. The Hall–Kier alpha value is -1.57. The minimum atomic E-state index is 0.0315. The summed E-state index contributed by atoms with van der Waals surface area (Å²) in [6, 6.07) is 6.46. The lowest BCUT2D eigenvalue weighted by Crippen LogP contribution is -2.42. The highest BCUT2D eigenvalue weighted by Gasteiger charge is 2.45. The molecule has 0 saturated heterocycles. The molecule has 1 aromatic carbocycles. The molecular weight excluding hydrogens is 260 g/mol. The number of carbonyl (C=O) groups is 1. The first-order chi connectivity index (χ1) is 10.1. The first-order valence-corrected chi connectivity index (χ1v) is 8.00. The number of hydrogen-bond acceptors (Lipinski definition) is 2. The summed E-state index contributed by atoms with van der Waals surface area (Å²) in [5.41, 5.74) is 4.18. The second kappa shape index (κ2) is 5.32. The molecule has 0 aromatic heterocycles. The molecule has 2 nitrogen and oxygen atoms in total. The minimum Gasteiger partial charge on any atom is -0.497 e. The van der Waals surface area contributed by atoms with Crippen molar-refractivity contribution >= 4 is 5.78 Å². The summed E-state index contributed by atoms with van der Waals surface area (Å²) in [5.74, 6) is 1.68. The van der Waals surface area contributed by atoms with E-state index in [1.165, 1.54) is 16.7 Å². The molecule has 0 radical (unpaired) electrons. The van der Waals surface area contributed by atoms with Crippen molar-refractivity contribution in [3.63, 3.8) is 0 Å². The molecule has 112 valence electrons. The SMILES string of the molecule is CCCC1CC(=O)C=C2CCc3cc(OC)ccc3C21C. The predicted molar refractivity (Wildman–Crippen MR) is 84.8 cm³/mol. The van der Waals surface area contributed by atoms with Crippen molar-refractivity contribution in [2.75, 3.05) is 7.11 Å². The summed E-state index contributed by atoms with van der Waals surface area (Å²) < 4.78 is 5.37. The number of fused-ring (bicyclic) bond motifs is 3. The van der Waals surface area contributed by atoms with Crippen LogP contribution in [0.5, 0.6) is 5.75 Å². The summed E-state index contributed by atoms with van der Waals surface area (Å²) in [6.45, 7) is 4.56. The first kappa shape index (κ1) is 14.4. The maximum Gasteiger partial charge on any atom is 0.155 e. The fourth-order valence-electron chi connectivity index (χ4n) is 4.26. The van der Waals surface area contributed by atoms with Gasteiger partial charge >= 0.3 is 0 Å². The summed E-state index contributed by atoms with van der Waals surface area (Å²) in [7, 11) is 1.72. The molecule has 2 aliphatic rings. The zero-order valence-corrected chi connectivity index (χ0v) is 13.2. The van der Waals surface area contributed by atoms with Crippen molar-refractivity contribution in [2.45, 2.75) is 51.4 Å². The second-order valence-corrected chi connectivity index (χ2v) is 6.55. The summed E-state index contributed by atoms with van der Waals surface area (Å²) in [5, 5.41) is 0. The molecule has 0 heterocycles. The number of carbonyl (C=O) groups excluding carboxylic acids is 1. The highest BCUT2D eigenvalue weighted by atomic mass is 16.5. The van der Waals surface area contributed by atoms with Crippen LogP contribution in [0.2, 0.25) is 0 Å². The third-order valence-corrected chi connectivity index (χ3v) is 5.44. The van der Waals surface area contributed by atoms with Crippen LogP contribution < -0.4 is 4.74 Å². The fraction of sp³-hybridized carbons (Fsp3) is 0.526. The monoisotopic (exact) mass is 284 g/mol. The van der Waals surface area contributed by atoms with Gasteiger partial charge in [-0.3, -0.25) is 4.79 Å². The molecule has 0 fully saturated rings. The lowest BCUT2D eigenvalue weighted by atomic mass is 9.57. The molecule has 0 aliphatic heterocycles. The van der Waals surface area contributed by atoms with Gasteiger partial charge in [-0.1, -0.05) is 31.9 Å². The smallest absolute Gasteiger partial charge is 0.155 e. The van der Waals surface area contributed by atoms with E-state index in [9.17, 15) is 4.79 Å². The molecule has 1 aromatic rings. The van der Waals surface area contributed by atoms with Crippen molar-refractivity contribution in [1.29, 1.82) is 0 Å². The van der Waals surface area contributed by atoms with Crippen molar-refractivity contribution in [1.82, 2.24) is 0 Å². The van der Waals surface area contributed by atoms with Gasteiger partial charge in [-0.2, -0.15) is 0 Å². The molecule has 0 amide bonds. The van der Waals surface area contributed by atoms with Crippen LogP contribution in [0, 0.1) is 5.92 Å². The molecule has 0 N–H and O–H groups in total. The Balaban J connectivity index is 2.13. The van der Waals surface area contributed by atoms with Crippen LogP contribution >= 0.6 is 0 Å². The summed E-state index contributed by atoms with van der Waals surface area (Å²) in [4.78, 5) is 12.1. The third-order valence-electron chi connectivity index (χ3n) is 5.44. The van der Waals surface area contributed by atoms with Gasteiger partial charge in [0.2, 0.25) is 0 Å². The number of methoxy groups -OCH3 is 1. The highest BCUT2D eigenvalue weighted by molar-refractivity contribution is 5.92. The van der Waals surface area contributed by atoms with Crippen LogP contribution in [0.1, 0.15) is 50.7 Å². The van der Waals surface area contributed by atoms with Gasteiger partial charge in [-0.15, -0.1) is 0 Å². The molecule has 0 bridgehead atoms. The quantitative estimate of drug-likeness (QED) is 0.831. The van der Waals surface area contributed by atoms with Gasteiger partial charge in [0.05, 0.1) is 7.11 Å². The molecule has 3 rings (SSSR count). The van der Waals surface area contributed by atoms with Crippen LogP contribution in [0.15, 0.2) is 29.8 Å². The van der Waals surface area contributed by atoms with E-state index in [2.05, 4.69) is 32.0 Å². The average molecular weight is 284 g/mol. The van der Waals surface area contributed by atoms with Crippen molar-refractivity contribution in [3.8, 4) is 5.75 Å². The van der Waals surface area contributed by atoms with Crippen molar-refractivity contribution < 1.29 is 9.53 Å². The van der Waals surface area contributed by atoms with Gasteiger partial charge < -0.3 is 4.74 Å². The Morgan fingerprint density at radius 3 is 2.86 bits per heavy atom. The Morgan fingerprint density at radius 1 is 1.33 bits per heavy atom.